The molecule has 0 rings (SSSR count). The smallest absolute Gasteiger partial charge is 0.312 e. The zero-order valence-corrected chi connectivity index (χ0v) is 8.08. The SMILES string of the molecule is COCC(N)C(=O)NCCNC(N)=O. The maximum atomic E-state index is 11.1. The van der Waals surface area contributed by atoms with Crippen molar-refractivity contribution in [3.63, 3.8) is 0 Å². The summed E-state index contributed by atoms with van der Waals surface area (Å²) in [7, 11) is 1.46. The second-order valence-electron chi connectivity index (χ2n) is 2.64. The predicted octanol–water partition coefficient (Wildman–Crippen LogP) is -2.26. The first kappa shape index (κ1) is 12.7. The summed E-state index contributed by atoms with van der Waals surface area (Å²) in [4.78, 5) is 21.4. The fourth-order valence-corrected chi connectivity index (χ4v) is 0.758. The molecule has 0 saturated heterocycles. The number of urea groups is 1. The molecule has 82 valence electrons. The Morgan fingerprint density at radius 1 is 1.36 bits per heavy atom. The molecule has 0 spiro atoms. The van der Waals surface area contributed by atoms with Crippen LogP contribution in [-0.2, 0) is 9.53 Å². The zero-order valence-electron chi connectivity index (χ0n) is 8.08. The van der Waals surface area contributed by atoms with Gasteiger partial charge in [0.2, 0.25) is 5.91 Å². The van der Waals surface area contributed by atoms with Crippen molar-refractivity contribution in [2.24, 2.45) is 11.5 Å². The van der Waals surface area contributed by atoms with Gasteiger partial charge in [0.15, 0.2) is 0 Å². The van der Waals surface area contributed by atoms with Gasteiger partial charge in [0, 0.05) is 20.2 Å². The molecule has 7 heteroatoms. The summed E-state index contributed by atoms with van der Waals surface area (Å²) in [5, 5.41) is 4.83. The van der Waals surface area contributed by atoms with Crippen LogP contribution < -0.4 is 22.1 Å². The van der Waals surface area contributed by atoms with Gasteiger partial charge in [-0.25, -0.2) is 4.79 Å². The van der Waals surface area contributed by atoms with Crippen LogP contribution in [0.25, 0.3) is 0 Å². The minimum atomic E-state index is -0.687. The molecule has 0 saturated carbocycles. The number of nitrogens with two attached hydrogens (primary N) is 2. The van der Waals surface area contributed by atoms with E-state index < -0.39 is 12.1 Å². The minimum Gasteiger partial charge on any atom is -0.383 e. The molecule has 1 atom stereocenters. The Labute approximate surface area is 82.1 Å². The maximum absolute atomic E-state index is 11.1. The van der Waals surface area contributed by atoms with Crippen LogP contribution >= 0.6 is 0 Å². The van der Waals surface area contributed by atoms with E-state index in [2.05, 4.69) is 10.6 Å². The molecule has 7 nitrogen and oxygen atoms in total. The average molecular weight is 204 g/mol. The van der Waals surface area contributed by atoms with Crippen LogP contribution in [0.3, 0.4) is 0 Å². The molecular formula is C7H16N4O3. The minimum absolute atomic E-state index is 0.162. The van der Waals surface area contributed by atoms with E-state index in [1.807, 2.05) is 0 Å². The Kier molecular flexibility index (Phi) is 6.42. The van der Waals surface area contributed by atoms with Crippen molar-refractivity contribution in [2.45, 2.75) is 6.04 Å². The number of primary amides is 1. The van der Waals surface area contributed by atoms with Crippen LogP contribution in [0.5, 0.6) is 0 Å². The Morgan fingerprint density at radius 2 is 1.93 bits per heavy atom. The van der Waals surface area contributed by atoms with Crippen molar-refractivity contribution in [1.29, 1.82) is 0 Å². The first-order chi connectivity index (χ1) is 6.57. The standard InChI is InChI=1S/C7H16N4O3/c1-14-4-5(8)6(12)10-2-3-11-7(9)13/h5H,2-4,8H2,1H3,(H,10,12)(H3,9,11,13). The van der Waals surface area contributed by atoms with Crippen molar-refractivity contribution in [1.82, 2.24) is 10.6 Å². The van der Waals surface area contributed by atoms with E-state index in [4.69, 9.17) is 16.2 Å². The number of rotatable bonds is 6. The van der Waals surface area contributed by atoms with E-state index >= 15 is 0 Å². The topological polar surface area (TPSA) is 119 Å². The summed E-state index contributed by atoms with van der Waals surface area (Å²) in [5.74, 6) is -0.321. The number of carbonyl (C=O) groups is 2. The van der Waals surface area contributed by atoms with Crippen LogP contribution in [0.2, 0.25) is 0 Å². The predicted molar refractivity (Wildman–Crippen MR) is 50.4 cm³/mol. The molecule has 0 bridgehead atoms. The number of nitrogens with one attached hydrogen (secondary N) is 2. The third-order valence-corrected chi connectivity index (χ3v) is 1.41. The summed E-state index contributed by atoms with van der Waals surface area (Å²) >= 11 is 0. The van der Waals surface area contributed by atoms with E-state index in [9.17, 15) is 9.59 Å². The van der Waals surface area contributed by atoms with Crippen molar-refractivity contribution in [3.8, 4) is 0 Å². The molecular weight excluding hydrogens is 188 g/mol. The van der Waals surface area contributed by atoms with Crippen molar-refractivity contribution in [3.05, 3.63) is 0 Å². The third kappa shape index (κ3) is 6.21. The van der Waals surface area contributed by atoms with E-state index in [0.29, 0.717) is 6.54 Å². The Morgan fingerprint density at radius 3 is 2.43 bits per heavy atom. The van der Waals surface area contributed by atoms with Gasteiger partial charge >= 0.3 is 6.03 Å². The van der Waals surface area contributed by atoms with Crippen LogP contribution in [0, 0.1) is 0 Å². The maximum Gasteiger partial charge on any atom is 0.312 e. The molecule has 14 heavy (non-hydrogen) atoms. The molecule has 0 aliphatic carbocycles. The number of hydrogen-bond donors (Lipinski definition) is 4. The highest BCUT2D eigenvalue weighted by molar-refractivity contribution is 5.81. The van der Waals surface area contributed by atoms with Crippen molar-refractivity contribution >= 4 is 11.9 Å². The van der Waals surface area contributed by atoms with Crippen molar-refractivity contribution in [2.75, 3.05) is 26.8 Å². The largest absolute Gasteiger partial charge is 0.383 e. The third-order valence-electron chi connectivity index (χ3n) is 1.41. The van der Waals surface area contributed by atoms with E-state index in [1.54, 1.807) is 0 Å². The van der Waals surface area contributed by atoms with Gasteiger partial charge in [-0.05, 0) is 0 Å². The van der Waals surface area contributed by atoms with Gasteiger partial charge < -0.3 is 26.8 Å². The van der Waals surface area contributed by atoms with Gasteiger partial charge in [-0.15, -0.1) is 0 Å². The molecule has 0 aliphatic heterocycles. The van der Waals surface area contributed by atoms with Gasteiger partial charge in [-0.1, -0.05) is 0 Å². The summed E-state index contributed by atoms with van der Waals surface area (Å²) in [6.45, 7) is 0.731. The normalized spacial score (nSPS) is 11.9. The number of hydrogen-bond acceptors (Lipinski definition) is 4. The number of methoxy groups -OCH3 is 1. The molecule has 3 amide bonds. The van der Waals surface area contributed by atoms with E-state index in [1.165, 1.54) is 7.11 Å². The van der Waals surface area contributed by atoms with Crippen LogP contribution in [0.4, 0.5) is 4.79 Å². The monoisotopic (exact) mass is 204 g/mol. The van der Waals surface area contributed by atoms with Gasteiger partial charge in [0.1, 0.15) is 6.04 Å². The summed E-state index contributed by atoms with van der Waals surface area (Å²) in [6, 6.07) is -1.31. The second kappa shape index (κ2) is 7.10. The van der Waals surface area contributed by atoms with Crippen LogP contribution in [-0.4, -0.2) is 44.8 Å². The molecule has 0 aliphatic rings. The quantitative estimate of drug-likeness (QED) is 0.365. The number of ether oxygens (including phenoxy) is 1. The Hall–Kier alpha value is -1.34. The number of amides is 3. The highest BCUT2D eigenvalue weighted by Crippen LogP contribution is 1.79. The first-order valence-corrected chi connectivity index (χ1v) is 4.13. The van der Waals surface area contributed by atoms with Crippen molar-refractivity contribution < 1.29 is 14.3 Å². The van der Waals surface area contributed by atoms with Gasteiger partial charge in [-0.3, -0.25) is 4.79 Å². The lowest BCUT2D eigenvalue weighted by Gasteiger charge is -2.10. The molecule has 1 unspecified atom stereocenters. The molecule has 0 aromatic carbocycles. The fraction of sp³-hybridized carbons (Fsp3) is 0.714. The van der Waals surface area contributed by atoms with Crippen LogP contribution in [0.15, 0.2) is 0 Å². The van der Waals surface area contributed by atoms with Gasteiger partial charge in [-0.2, -0.15) is 0 Å². The highest BCUT2D eigenvalue weighted by Gasteiger charge is 2.11. The summed E-state index contributed by atoms with van der Waals surface area (Å²) in [5.41, 5.74) is 10.2. The van der Waals surface area contributed by atoms with Gasteiger partial charge in [0.25, 0.3) is 0 Å². The Balaban J connectivity index is 3.48. The lowest BCUT2D eigenvalue weighted by molar-refractivity contribution is -0.123. The fourth-order valence-electron chi connectivity index (χ4n) is 0.758. The molecule has 0 aromatic rings. The average Bonchev–Trinajstić information content (AvgIpc) is 2.12. The lowest BCUT2D eigenvalue weighted by atomic mass is 10.3. The molecule has 0 aromatic heterocycles. The molecule has 0 fully saturated rings. The number of carbonyl (C=O) groups excluding carboxylic acids is 2. The van der Waals surface area contributed by atoms with E-state index in [0.717, 1.165) is 0 Å². The Bertz CT molecular complexity index is 197. The molecule has 0 radical (unpaired) electrons. The molecule has 0 heterocycles. The molecule has 6 N–H and O–H groups in total. The zero-order chi connectivity index (χ0) is 11.0. The summed E-state index contributed by atoms with van der Waals surface area (Å²) in [6.07, 6.45) is 0. The van der Waals surface area contributed by atoms with Crippen LogP contribution in [0.1, 0.15) is 0 Å². The lowest BCUT2D eigenvalue weighted by Crippen LogP contribution is -2.46. The highest BCUT2D eigenvalue weighted by atomic mass is 16.5. The van der Waals surface area contributed by atoms with E-state index in [-0.39, 0.29) is 19.1 Å². The van der Waals surface area contributed by atoms with Gasteiger partial charge in [0.05, 0.1) is 6.61 Å². The summed E-state index contributed by atoms with van der Waals surface area (Å²) < 4.78 is 4.69. The second-order valence-corrected chi connectivity index (χ2v) is 2.64. The first-order valence-electron chi connectivity index (χ1n) is 4.13.